The Bertz CT molecular complexity index is 365. The number of halogens is 2. The van der Waals surface area contributed by atoms with Crippen LogP contribution < -0.4 is 0 Å². The Morgan fingerprint density at radius 3 is 2.39 bits per heavy atom. The molecule has 1 unspecified atom stereocenters. The van der Waals surface area contributed by atoms with Crippen LogP contribution in [0.3, 0.4) is 0 Å². The second-order valence-electron chi connectivity index (χ2n) is 5.25. The lowest BCUT2D eigenvalue weighted by molar-refractivity contribution is 0.0884. The van der Waals surface area contributed by atoms with Crippen molar-refractivity contribution in [3.05, 3.63) is 35.4 Å². The summed E-state index contributed by atoms with van der Waals surface area (Å²) in [5.74, 6) is 1.08. The minimum Gasteiger partial charge on any atom is -0.378 e. The average Bonchev–Trinajstić information content (AvgIpc) is 2.90. The van der Waals surface area contributed by atoms with Crippen molar-refractivity contribution in [1.82, 2.24) is 0 Å². The highest BCUT2D eigenvalue weighted by Gasteiger charge is 2.35. The first-order valence-electron chi connectivity index (χ1n) is 6.51. The van der Waals surface area contributed by atoms with Crippen molar-refractivity contribution in [2.75, 3.05) is 18.4 Å². The fourth-order valence-electron chi connectivity index (χ4n) is 2.57. The summed E-state index contributed by atoms with van der Waals surface area (Å²) < 4.78 is 5.74. The molecule has 0 spiro atoms. The molecule has 0 aromatic heterocycles. The van der Waals surface area contributed by atoms with Gasteiger partial charge in [0.1, 0.15) is 0 Å². The van der Waals surface area contributed by atoms with Crippen LogP contribution in [0.4, 0.5) is 0 Å². The van der Waals surface area contributed by atoms with Crippen LogP contribution in [-0.4, -0.2) is 24.5 Å². The van der Waals surface area contributed by atoms with Crippen molar-refractivity contribution in [3.8, 4) is 0 Å². The Morgan fingerprint density at radius 2 is 1.89 bits per heavy atom. The number of ether oxygens (including phenoxy) is 1. The summed E-state index contributed by atoms with van der Waals surface area (Å²) >= 11 is 12.5. The van der Waals surface area contributed by atoms with Gasteiger partial charge in [-0.15, -0.1) is 23.2 Å². The van der Waals surface area contributed by atoms with Gasteiger partial charge in [-0.2, -0.15) is 0 Å². The normalized spacial score (nSPS) is 20.3. The average molecular weight is 287 g/mol. The van der Waals surface area contributed by atoms with Gasteiger partial charge in [-0.1, -0.05) is 29.8 Å². The smallest absolute Gasteiger partial charge is 0.0585 e. The number of rotatable bonds is 5. The zero-order chi connectivity index (χ0) is 13.0. The van der Waals surface area contributed by atoms with E-state index in [1.54, 1.807) is 0 Å². The lowest BCUT2D eigenvalue weighted by Gasteiger charge is -2.32. The van der Waals surface area contributed by atoms with E-state index in [-0.39, 0.29) is 5.41 Å². The molecular formula is C15H20Cl2O. The SMILES string of the molecule is Cc1ccc(C(CCl)(CCl)CC2CCCO2)cc1. The number of aryl methyl sites for hydroxylation is 1. The van der Waals surface area contributed by atoms with Crippen LogP contribution in [0.1, 0.15) is 30.4 Å². The molecule has 3 heteroatoms. The van der Waals surface area contributed by atoms with Crippen molar-refractivity contribution in [3.63, 3.8) is 0 Å². The maximum atomic E-state index is 6.24. The van der Waals surface area contributed by atoms with E-state index in [1.807, 2.05) is 0 Å². The zero-order valence-corrected chi connectivity index (χ0v) is 12.3. The van der Waals surface area contributed by atoms with Crippen molar-refractivity contribution < 1.29 is 4.74 Å². The van der Waals surface area contributed by atoms with Gasteiger partial charge >= 0.3 is 0 Å². The van der Waals surface area contributed by atoms with E-state index in [9.17, 15) is 0 Å². The van der Waals surface area contributed by atoms with Gasteiger partial charge in [-0.05, 0) is 31.7 Å². The molecule has 1 nitrogen and oxygen atoms in total. The van der Waals surface area contributed by atoms with Gasteiger partial charge in [0, 0.05) is 23.8 Å². The van der Waals surface area contributed by atoms with E-state index < -0.39 is 0 Å². The monoisotopic (exact) mass is 286 g/mol. The van der Waals surface area contributed by atoms with Crippen molar-refractivity contribution in [1.29, 1.82) is 0 Å². The molecular weight excluding hydrogens is 267 g/mol. The van der Waals surface area contributed by atoms with Gasteiger partial charge in [0.25, 0.3) is 0 Å². The summed E-state index contributed by atoms with van der Waals surface area (Å²) in [6, 6.07) is 8.54. The number of hydrogen-bond donors (Lipinski definition) is 0. The predicted octanol–water partition coefficient (Wildman–Crippen LogP) is 4.28. The molecule has 2 rings (SSSR count). The van der Waals surface area contributed by atoms with Crippen molar-refractivity contribution >= 4 is 23.2 Å². The largest absolute Gasteiger partial charge is 0.378 e. The number of benzene rings is 1. The first-order valence-corrected chi connectivity index (χ1v) is 7.58. The van der Waals surface area contributed by atoms with Crippen molar-refractivity contribution in [2.24, 2.45) is 0 Å². The fraction of sp³-hybridized carbons (Fsp3) is 0.600. The highest BCUT2D eigenvalue weighted by atomic mass is 35.5. The third-order valence-corrected chi connectivity index (χ3v) is 4.84. The standard InChI is InChI=1S/C15H20Cl2O/c1-12-4-6-13(7-5-12)15(10-16,11-17)9-14-3-2-8-18-14/h4-7,14H,2-3,8-11H2,1H3. The predicted molar refractivity (Wildman–Crippen MR) is 77.9 cm³/mol. The zero-order valence-electron chi connectivity index (χ0n) is 10.8. The number of hydrogen-bond acceptors (Lipinski definition) is 1. The molecule has 18 heavy (non-hydrogen) atoms. The Kier molecular flexibility index (Phi) is 4.94. The summed E-state index contributed by atoms with van der Waals surface area (Å²) in [6.07, 6.45) is 3.51. The van der Waals surface area contributed by atoms with E-state index in [2.05, 4.69) is 31.2 Å². The van der Waals surface area contributed by atoms with Gasteiger partial charge in [0.15, 0.2) is 0 Å². The highest BCUT2D eigenvalue weighted by molar-refractivity contribution is 6.22. The van der Waals surface area contributed by atoms with Gasteiger partial charge < -0.3 is 4.74 Å². The molecule has 1 fully saturated rings. The van der Waals surface area contributed by atoms with Gasteiger partial charge in [0.2, 0.25) is 0 Å². The minimum atomic E-state index is -0.161. The maximum absolute atomic E-state index is 6.24. The molecule has 1 aromatic carbocycles. The van der Waals surface area contributed by atoms with Crippen LogP contribution in [0, 0.1) is 6.92 Å². The quantitative estimate of drug-likeness (QED) is 0.734. The van der Waals surface area contributed by atoms with E-state index in [4.69, 9.17) is 27.9 Å². The Labute approximate surface area is 119 Å². The summed E-state index contributed by atoms with van der Waals surface area (Å²) in [5, 5.41) is 0. The molecule has 1 saturated heterocycles. The second-order valence-corrected chi connectivity index (χ2v) is 5.79. The topological polar surface area (TPSA) is 9.23 Å². The summed E-state index contributed by atoms with van der Waals surface area (Å²) in [6.45, 7) is 2.96. The van der Waals surface area contributed by atoms with Crippen LogP contribution in [0.25, 0.3) is 0 Å². The maximum Gasteiger partial charge on any atom is 0.0585 e. The lowest BCUT2D eigenvalue weighted by atomic mass is 9.78. The van der Waals surface area contributed by atoms with E-state index in [1.165, 1.54) is 11.1 Å². The van der Waals surface area contributed by atoms with Gasteiger partial charge in [-0.25, -0.2) is 0 Å². The van der Waals surface area contributed by atoms with Crippen molar-refractivity contribution in [2.45, 2.75) is 37.7 Å². The summed E-state index contributed by atoms with van der Waals surface area (Å²) in [7, 11) is 0. The van der Waals surface area contributed by atoms with Gasteiger partial charge in [0.05, 0.1) is 6.10 Å². The molecule has 1 atom stereocenters. The molecule has 0 N–H and O–H groups in total. The molecule has 0 saturated carbocycles. The van der Waals surface area contributed by atoms with Crippen LogP contribution in [0.2, 0.25) is 0 Å². The molecule has 0 radical (unpaired) electrons. The molecule has 0 amide bonds. The Hall–Kier alpha value is -0.240. The molecule has 1 heterocycles. The third-order valence-electron chi connectivity index (χ3n) is 3.82. The van der Waals surface area contributed by atoms with Gasteiger partial charge in [-0.3, -0.25) is 0 Å². The van der Waals surface area contributed by atoms with Crippen LogP contribution in [0.5, 0.6) is 0 Å². The molecule has 100 valence electrons. The van der Waals surface area contributed by atoms with E-state index in [0.29, 0.717) is 17.9 Å². The van der Waals surface area contributed by atoms with E-state index in [0.717, 1.165) is 25.9 Å². The Morgan fingerprint density at radius 1 is 1.22 bits per heavy atom. The first-order chi connectivity index (χ1) is 8.70. The molecule has 1 aromatic rings. The Balaban J connectivity index is 2.21. The summed E-state index contributed by atoms with van der Waals surface area (Å²) in [5.41, 5.74) is 2.33. The highest BCUT2D eigenvalue weighted by Crippen LogP contribution is 2.35. The third kappa shape index (κ3) is 3.01. The van der Waals surface area contributed by atoms with Crippen LogP contribution in [-0.2, 0) is 10.2 Å². The summed E-state index contributed by atoms with van der Waals surface area (Å²) in [4.78, 5) is 0. The lowest BCUT2D eigenvalue weighted by Crippen LogP contribution is -2.35. The molecule has 1 aliphatic rings. The fourth-order valence-corrected chi connectivity index (χ4v) is 3.38. The molecule has 0 aliphatic carbocycles. The van der Waals surface area contributed by atoms with Crippen LogP contribution >= 0.6 is 23.2 Å². The minimum absolute atomic E-state index is 0.161. The number of alkyl halides is 2. The van der Waals surface area contributed by atoms with E-state index >= 15 is 0 Å². The first kappa shape index (κ1) is 14.2. The molecule has 0 bridgehead atoms. The molecule has 1 aliphatic heterocycles. The van der Waals surface area contributed by atoms with Crippen LogP contribution in [0.15, 0.2) is 24.3 Å². The second kappa shape index (κ2) is 6.27.